The van der Waals surface area contributed by atoms with Crippen molar-refractivity contribution >= 4 is 5.97 Å². The lowest BCUT2D eigenvalue weighted by molar-refractivity contribution is -0.166. The predicted molar refractivity (Wildman–Crippen MR) is 62.7 cm³/mol. The van der Waals surface area contributed by atoms with Crippen molar-refractivity contribution in [2.45, 2.75) is 55.5 Å². The first-order valence-corrected chi connectivity index (χ1v) is 6.78. The van der Waals surface area contributed by atoms with Crippen LogP contribution in [0.4, 0.5) is 0 Å². The average Bonchev–Trinajstić information content (AvgIpc) is 2.93. The van der Waals surface area contributed by atoms with Crippen LogP contribution in [-0.4, -0.2) is 34.5 Å². The van der Waals surface area contributed by atoms with Gasteiger partial charge in [-0.3, -0.25) is 4.79 Å². The largest absolute Gasteiger partial charge is 0.455 e. The molecule has 0 radical (unpaired) electrons. The van der Waals surface area contributed by atoms with Crippen LogP contribution >= 0.6 is 0 Å². The molecule has 4 rings (SSSR count). The summed E-state index contributed by atoms with van der Waals surface area (Å²) >= 11 is 0. The van der Waals surface area contributed by atoms with Gasteiger partial charge < -0.3 is 14.6 Å². The van der Waals surface area contributed by atoms with Crippen LogP contribution < -0.4 is 0 Å². The van der Waals surface area contributed by atoms with Crippen LogP contribution in [0.15, 0.2) is 12.7 Å². The topological polar surface area (TPSA) is 59.1 Å². The molecule has 4 heteroatoms. The fourth-order valence-electron chi connectivity index (χ4n) is 4.69. The van der Waals surface area contributed by atoms with Crippen molar-refractivity contribution in [3.8, 4) is 0 Å². The predicted octanol–water partition coefficient (Wildman–Crippen LogP) is 1.18. The van der Waals surface area contributed by atoms with E-state index < -0.39 is 11.2 Å². The molecule has 98 valence electrons. The summed E-state index contributed by atoms with van der Waals surface area (Å²) in [5.74, 6) is 0.347. The van der Waals surface area contributed by atoms with Crippen molar-refractivity contribution in [3.63, 3.8) is 0 Å². The highest BCUT2D eigenvalue weighted by Gasteiger charge is 2.74. The second kappa shape index (κ2) is 3.17. The van der Waals surface area contributed by atoms with Gasteiger partial charge in [-0.2, -0.15) is 0 Å². The van der Waals surface area contributed by atoms with E-state index in [1.165, 1.54) is 0 Å². The molecule has 0 aromatic carbocycles. The lowest BCUT2D eigenvalue weighted by atomic mass is 9.70. The summed E-state index contributed by atoms with van der Waals surface area (Å²) in [5, 5.41) is 10.9. The minimum absolute atomic E-state index is 0.147. The van der Waals surface area contributed by atoms with Gasteiger partial charge in [0.2, 0.25) is 0 Å². The van der Waals surface area contributed by atoms with E-state index in [2.05, 4.69) is 6.58 Å². The van der Waals surface area contributed by atoms with Gasteiger partial charge in [-0.1, -0.05) is 6.08 Å². The second-order valence-electron chi connectivity index (χ2n) is 6.32. The molecule has 2 heterocycles. The maximum atomic E-state index is 11.7. The number of carbonyl (C=O) groups is 1. The van der Waals surface area contributed by atoms with Gasteiger partial charge in [0.1, 0.15) is 11.2 Å². The zero-order chi connectivity index (χ0) is 12.5. The number of esters is 1. The van der Waals surface area contributed by atoms with Crippen LogP contribution in [0.3, 0.4) is 0 Å². The second-order valence-corrected chi connectivity index (χ2v) is 6.32. The Morgan fingerprint density at radius 3 is 3.06 bits per heavy atom. The maximum absolute atomic E-state index is 11.7. The van der Waals surface area contributed by atoms with E-state index in [0.717, 1.165) is 12.8 Å². The summed E-state index contributed by atoms with van der Waals surface area (Å²) in [4.78, 5) is 11.7. The standard InChI is InChI=1S/C14H18O4/c1-2-3-8-5-13(16)7-12(15)18-14(13)6-11-10(17-11)4-9(8)14/h2,8-11,16H,1,3-7H2/t8-,9-,10+,11-,13?,14-/m1/s1. The number of hydrogen-bond acceptors (Lipinski definition) is 4. The van der Waals surface area contributed by atoms with Crippen molar-refractivity contribution in [3.05, 3.63) is 12.7 Å². The Hall–Kier alpha value is -0.870. The summed E-state index contributed by atoms with van der Waals surface area (Å²) in [5.41, 5.74) is -1.64. The molecular formula is C14H18O4. The van der Waals surface area contributed by atoms with E-state index in [1.54, 1.807) is 0 Å². The summed E-state index contributed by atoms with van der Waals surface area (Å²) in [7, 11) is 0. The molecule has 0 amide bonds. The number of epoxide rings is 1. The van der Waals surface area contributed by atoms with Crippen LogP contribution in [0, 0.1) is 11.8 Å². The monoisotopic (exact) mass is 250 g/mol. The highest BCUT2D eigenvalue weighted by atomic mass is 16.6. The Labute approximate surface area is 106 Å². The first kappa shape index (κ1) is 11.0. The van der Waals surface area contributed by atoms with Crippen LogP contribution in [0.1, 0.15) is 32.1 Å². The van der Waals surface area contributed by atoms with Gasteiger partial charge in [0.05, 0.1) is 18.6 Å². The van der Waals surface area contributed by atoms with Crippen molar-refractivity contribution in [2.75, 3.05) is 0 Å². The van der Waals surface area contributed by atoms with E-state index in [-0.39, 0.29) is 24.4 Å². The molecule has 0 aromatic rings. The van der Waals surface area contributed by atoms with Gasteiger partial charge >= 0.3 is 5.97 Å². The van der Waals surface area contributed by atoms with Gasteiger partial charge in [0.15, 0.2) is 0 Å². The van der Waals surface area contributed by atoms with Gasteiger partial charge in [-0.25, -0.2) is 0 Å². The smallest absolute Gasteiger partial charge is 0.309 e. The molecule has 6 atom stereocenters. The molecule has 0 bridgehead atoms. The SMILES string of the molecule is C=CC[C@@H]1CC2(O)CC(=O)O[C@@]23C[C@H]2O[C@H]2C[C@H]13. The Morgan fingerprint density at radius 2 is 2.28 bits per heavy atom. The van der Waals surface area contributed by atoms with Crippen LogP contribution in [-0.2, 0) is 14.3 Å². The summed E-state index contributed by atoms with van der Waals surface area (Å²) in [6, 6.07) is 0. The Kier molecular flexibility index (Phi) is 1.94. The third kappa shape index (κ3) is 1.16. The summed E-state index contributed by atoms with van der Waals surface area (Å²) in [6.07, 6.45) is 5.71. The quantitative estimate of drug-likeness (QED) is 0.454. The highest BCUT2D eigenvalue weighted by molar-refractivity contribution is 5.75. The molecule has 2 saturated heterocycles. The first-order valence-electron chi connectivity index (χ1n) is 6.78. The lowest BCUT2D eigenvalue weighted by Crippen LogP contribution is -2.53. The minimum atomic E-state index is -0.973. The van der Waals surface area contributed by atoms with Crippen LogP contribution in [0.5, 0.6) is 0 Å². The van der Waals surface area contributed by atoms with E-state index in [1.807, 2.05) is 6.08 Å². The molecule has 4 fully saturated rings. The number of fused-ring (bicyclic) bond motifs is 1. The zero-order valence-electron chi connectivity index (χ0n) is 10.3. The van der Waals surface area contributed by atoms with Crippen molar-refractivity contribution in [1.29, 1.82) is 0 Å². The van der Waals surface area contributed by atoms with Crippen molar-refractivity contribution in [1.82, 2.24) is 0 Å². The molecule has 18 heavy (non-hydrogen) atoms. The van der Waals surface area contributed by atoms with Gasteiger partial charge in [-0.15, -0.1) is 6.58 Å². The maximum Gasteiger partial charge on any atom is 0.309 e. The molecule has 1 spiro atoms. The highest BCUT2D eigenvalue weighted by Crippen LogP contribution is 2.64. The van der Waals surface area contributed by atoms with Crippen LogP contribution in [0.2, 0.25) is 0 Å². The Bertz CT molecular complexity index is 434. The lowest BCUT2D eigenvalue weighted by Gasteiger charge is -2.40. The van der Waals surface area contributed by atoms with E-state index in [0.29, 0.717) is 24.9 Å². The summed E-state index contributed by atoms with van der Waals surface area (Å²) in [6.45, 7) is 3.80. The molecule has 0 aromatic heterocycles. The average molecular weight is 250 g/mol. The van der Waals surface area contributed by atoms with E-state index >= 15 is 0 Å². The fourth-order valence-corrected chi connectivity index (χ4v) is 4.69. The zero-order valence-corrected chi connectivity index (χ0v) is 10.3. The number of carbonyl (C=O) groups excluding carboxylic acids is 1. The van der Waals surface area contributed by atoms with Gasteiger partial charge in [0.25, 0.3) is 0 Å². The van der Waals surface area contributed by atoms with E-state index in [4.69, 9.17) is 9.47 Å². The van der Waals surface area contributed by atoms with Crippen molar-refractivity contribution < 1.29 is 19.4 Å². The normalized spacial score (nSPS) is 56.4. The third-order valence-corrected chi connectivity index (χ3v) is 5.44. The number of hydrogen-bond donors (Lipinski definition) is 1. The molecule has 2 saturated carbocycles. The Morgan fingerprint density at radius 1 is 1.44 bits per heavy atom. The fraction of sp³-hybridized carbons (Fsp3) is 0.786. The molecule has 2 aliphatic carbocycles. The Balaban J connectivity index is 1.75. The first-order chi connectivity index (χ1) is 8.58. The number of rotatable bonds is 2. The minimum Gasteiger partial charge on any atom is -0.455 e. The number of ether oxygens (including phenoxy) is 2. The van der Waals surface area contributed by atoms with E-state index in [9.17, 15) is 9.90 Å². The van der Waals surface area contributed by atoms with Crippen molar-refractivity contribution in [2.24, 2.45) is 11.8 Å². The van der Waals surface area contributed by atoms with Gasteiger partial charge in [0, 0.05) is 12.3 Å². The molecule has 4 aliphatic rings. The van der Waals surface area contributed by atoms with Gasteiger partial charge in [-0.05, 0) is 25.2 Å². The van der Waals surface area contributed by atoms with Crippen LogP contribution in [0.25, 0.3) is 0 Å². The molecule has 1 unspecified atom stereocenters. The molecule has 1 N–H and O–H groups in total. The molecule has 4 nitrogen and oxygen atoms in total. The molecular weight excluding hydrogens is 232 g/mol. The number of allylic oxidation sites excluding steroid dienone is 1. The summed E-state index contributed by atoms with van der Waals surface area (Å²) < 4.78 is 11.2. The third-order valence-electron chi connectivity index (χ3n) is 5.44. The number of aliphatic hydroxyl groups is 1. The molecule has 2 aliphatic heterocycles.